The Bertz CT molecular complexity index is 287. The molecule has 1 aliphatic heterocycles. The highest BCUT2D eigenvalue weighted by Gasteiger charge is 2.39. The van der Waals surface area contributed by atoms with Crippen LogP contribution >= 0.6 is 0 Å². The van der Waals surface area contributed by atoms with Crippen molar-refractivity contribution in [3.05, 3.63) is 0 Å². The highest BCUT2D eigenvalue weighted by Crippen LogP contribution is 2.33. The van der Waals surface area contributed by atoms with Crippen LogP contribution in [0.4, 0.5) is 0 Å². The number of hydrogen-bond donors (Lipinski definition) is 1. The number of nitrogens with two attached hydrogens (primary N) is 1. The molecule has 21 heavy (non-hydrogen) atoms. The first kappa shape index (κ1) is 17.2. The van der Waals surface area contributed by atoms with Crippen LogP contribution in [-0.4, -0.2) is 54.6 Å². The van der Waals surface area contributed by atoms with Crippen molar-refractivity contribution in [3.8, 4) is 0 Å². The average Bonchev–Trinajstić information content (AvgIpc) is 2.76. The number of rotatable bonds is 5. The molecule has 0 amide bonds. The number of likely N-dealkylation sites (tertiary alicyclic amines) is 1. The van der Waals surface area contributed by atoms with Crippen LogP contribution < -0.4 is 5.73 Å². The second-order valence-corrected chi connectivity index (χ2v) is 7.88. The first-order chi connectivity index (χ1) is 10.1. The van der Waals surface area contributed by atoms with Gasteiger partial charge in [-0.1, -0.05) is 39.5 Å². The third-order valence-corrected chi connectivity index (χ3v) is 5.91. The molecule has 1 saturated carbocycles. The quantitative estimate of drug-likeness (QED) is 0.791. The molecule has 0 atom stereocenters. The maximum absolute atomic E-state index is 6.27. The largest absolute Gasteiger partial charge is 0.329 e. The second-order valence-electron chi connectivity index (χ2n) is 7.88. The predicted octanol–water partition coefficient (Wildman–Crippen LogP) is 3.09. The Balaban J connectivity index is 1.94. The van der Waals surface area contributed by atoms with Crippen molar-refractivity contribution in [2.75, 3.05) is 33.2 Å². The molecule has 2 N–H and O–H groups in total. The minimum atomic E-state index is 0.266. The molecule has 0 unspecified atom stereocenters. The van der Waals surface area contributed by atoms with Gasteiger partial charge in [0.05, 0.1) is 0 Å². The van der Waals surface area contributed by atoms with Gasteiger partial charge >= 0.3 is 0 Å². The van der Waals surface area contributed by atoms with Crippen molar-refractivity contribution in [1.82, 2.24) is 9.80 Å². The minimum absolute atomic E-state index is 0.266. The average molecular weight is 296 g/mol. The summed E-state index contributed by atoms with van der Waals surface area (Å²) in [7, 11) is 2.36. The van der Waals surface area contributed by atoms with Crippen LogP contribution in [0.5, 0.6) is 0 Å². The Morgan fingerprint density at radius 3 is 2.14 bits per heavy atom. The zero-order valence-electron chi connectivity index (χ0n) is 14.6. The summed E-state index contributed by atoms with van der Waals surface area (Å²) in [5, 5.41) is 0. The second kappa shape index (κ2) is 7.94. The van der Waals surface area contributed by atoms with Gasteiger partial charge in [-0.2, -0.15) is 0 Å². The van der Waals surface area contributed by atoms with E-state index in [2.05, 4.69) is 30.7 Å². The summed E-state index contributed by atoms with van der Waals surface area (Å²) >= 11 is 0. The number of hydrogen-bond acceptors (Lipinski definition) is 3. The molecule has 1 saturated heterocycles. The van der Waals surface area contributed by atoms with Crippen LogP contribution in [0, 0.1) is 5.92 Å². The Morgan fingerprint density at radius 1 is 1.10 bits per heavy atom. The molecule has 1 heterocycles. The van der Waals surface area contributed by atoms with Crippen molar-refractivity contribution in [2.24, 2.45) is 11.7 Å². The van der Waals surface area contributed by atoms with Crippen LogP contribution in [0.15, 0.2) is 0 Å². The van der Waals surface area contributed by atoms with Crippen LogP contribution in [0.2, 0.25) is 0 Å². The Hall–Kier alpha value is -0.120. The van der Waals surface area contributed by atoms with Crippen LogP contribution in [-0.2, 0) is 0 Å². The number of nitrogens with zero attached hydrogens (tertiary/aromatic N) is 2. The Labute approximate surface area is 132 Å². The highest BCUT2D eigenvalue weighted by molar-refractivity contribution is 4.97. The SMILES string of the molecule is CC(C)CN1CCC(CN)(N(C)C2CCCCCC2)CC1. The van der Waals surface area contributed by atoms with Gasteiger partial charge in [0.2, 0.25) is 0 Å². The van der Waals surface area contributed by atoms with Gasteiger partial charge in [-0.05, 0) is 51.7 Å². The molecule has 0 aromatic carbocycles. The molecular formula is C18H37N3. The van der Waals surface area contributed by atoms with Crippen molar-refractivity contribution < 1.29 is 0 Å². The van der Waals surface area contributed by atoms with Gasteiger partial charge in [-0.15, -0.1) is 0 Å². The summed E-state index contributed by atoms with van der Waals surface area (Å²) in [6, 6.07) is 0.771. The van der Waals surface area contributed by atoms with Crippen molar-refractivity contribution >= 4 is 0 Å². The van der Waals surface area contributed by atoms with Crippen LogP contribution in [0.1, 0.15) is 65.2 Å². The smallest absolute Gasteiger partial charge is 0.0355 e. The van der Waals surface area contributed by atoms with Gasteiger partial charge in [0.15, 0.2) is 0 Å². The molecule has 2 aliphatic rings. The molecule has 0 spiro atoms. The third kappa shape index (κ3) is 4.43. The lowest BCUT2D eigenvalue weighted by molar-refractivity contribution is 0.00943. The van der Waals surface area contributed by atoms with E-state index in [1.54, 1.807) is 0 Å². The zero-order valence-corrected chi connectivity index (χ0v) is 14.6. The lowest BCUT2D eigenvalue weighted by Gasteiger charge is -2.50. The van der Waals surface area contributed by atoms with E-state index in [9.17, 15) is 0 Å². The lowest BCUT2D eigenvalue weighted by atomic mass is 9.83. The molecule has 0 aromatic rings. The molecule has 0 bridgehead atoms. The van der Waals surface area contributed by atoms with Gasteiger partial charge in [0.25, 0.3) is 0 Å². The Kier molecular flexibility index (Phi) is 6.51. The van der Waals surface area contributed by atoms with Gasteiger partial charge in [0, 0.05) is 24.7 Å². The van der Waals surface area contributed by atoms with E-state index in [1.165, 1.54) is 71.0 Å². The van der Waals surface area contributed by atoms with Gasteiger partial charge in [-0.25, -0.2) is 0 Å². The van der Waals surface area contributed by atoms with Gasteiger partial charge < -0.3 is 10.6 Å². The molecule has 124 valence electrons. The summed E-state index contributed by atoms with van der Waals surface area (Å²) in [5.41, 5.74) is 6.54. The fourth-order valence-electron chi connectivity index (χ4n) is 4.40. The van der Waals surface area contributed by atoms with Crippen molar-refractivity contribution in [3.63, 3.8) is 0 Å². The summed E-state index contributed by atoms with van der Waals surface area (Å²) in [4.78, 5) is 5.34. The first-order valence-electron chi connectivity index (χ1n) is 9.23. The third-order valence-electron chi connectivity index (χ3n) is 5.91. The standard InChI is InChI=1S/C18H37N3/c1-16(2)14-21-12-10-18(15-19,11-13-21)20(3)17-8-6-4-5-7-9-17/h16-17H,4-15,19H2,1-3H3. The van der Waals surface area contributed by atoms with E-state index in [0.717, 1.165) is 18.5 Å². The topological polar surface area (TPSA) is 32.5 Å². The van der Waals surface area contributed by atoms with E-state index in [0.29, 0.717) is 0 Å². The van der Waals surface area contributed by atoms with E-state index in [1.807, 2.05) is 0 Å². The molecule has 3 heteroatoms. The molecule has 1 aliphatic carbocycles. The Morgan fingerprint density at radius 2 is 1.67 bits per heavy atom. The minimum Gasteiger partial charge on any atom is -0.329 e. The maximum Gasteiger partial charge on any atom is 0.0355 e. The normalized spacial score (nSPS) is 25.4. The predicted molar refractivity (Wildman–Crippen MR) is 91.6 cm³/mol. The molecule has 2 rings (SSSR count). The zero-order chi connectivity index (χ0) is 15.3. The van der Waals surface area contributed by atoms with Crippen molar-refractivity contribution in [2.45, 2.75) is 76.8 Å². The fourth-order valence-corrected chi connectivity index (χ4v) is 4.40. The molecule has 0 radical (unpaired) electrons. The van der Waals surface area contributed by atoms with Crippen LogP contribution in [0.25, 0.3) is 0 Å². The molecule has 3 nitrogen and oxygen atoms in total. The fraction of sp³-hybridized carbons (Fsp3) is 1.00. The lowest BCUT2D eigenvalue weighted by Crippen LogP contribution is -2.60. The first-order valence-corrected chi connectivity index (χ1v) is 9.23. The summed E-state index contributed by atoms with van der Waals surface area (Å²) in [6.45, 7) is 9.17. The van der Waals surface area contributed by atoms with E-state index in [4.69, 9.17) is 5.73 Å². The van der Waals surface area contributed by atoms with Gasteiger partial charge in [0.1, 0.15) is 0 Å². The monoisotopic (exact) mass is 295 g/mol. The van der Waals surface area contributed by atoms with Gasteiger partial charge in [-0.3, -0.25) is 4.90 Å². The molecular weight excluding hydrogens is 258 g/mol. The maximum atomic E-state index is 6.27. The summed E-state index contributed by atoms with van der Waals surface area (Å²) in [6.07, 6.45) is 11.0. The van der Waals surface area contributed by atoms with Crippen molar-refractivity contribution in [1.29, 1.82) is 0 Å². The molecule has 0 aromatic heterocycles. The number of likely N-dealkylation sites (N-methyl/N-ethyl adjacent to an activating group) is 1. The van der Waals surface area contributed by atoms with E-state index < -0.39 is 0 Å². The van der Waals surface area contributed by atoms with E-state index >= 15 is 0 Å². The van der Waals surface area contributed by atoms with E-state index in [-0.39, 0.29) is 5.54 Å². The van der Waals surface area contributed by atoms with Crippen LogP contribution in [0.3, 0.4) is 0 Å². The number of piperidine rings is 1. The summed E-state index contributed by atoms with van der Waals surface area (Å²) < 4.78 is 0. The highest BCUT2D eigenvalue weighted by atomic mass is 15.2. The molecule has 2 fully saturated rings. The summed E-state index contributed by atoms with van der Waals surface area (Å²) in [5.74, 6) is 0.773.